The van der Waals surface area contributed by atoms with Gasteiger partial charge in [0.05, 0.1) is 0 Å². The van der Waals surface area contributed by atoms with Crippen molar-refractivity contribution in [2.45, 2.75) is 50.4 Å². The summed E-state index contributed by atoms with van der Waals surface area (Å²) in [6.07, 6.45) is 5.03. The van der Waals surface area contributed by atoms with Gasteiger partial charge in [-0.15, -0.1) is 0 Å². The third kappa shape index (κ3) is 5.10. The molecule has 0 aliphatic carbocycles. The predicted octanol–water partition coefficient (Wildman–Crippen LogP) is 5.76. The molecule has 3 aromatic carbocycles. The summed E-state index contributed by atoms with van der Waals surface area (Å²) in [5, 5.41) is 0. The second-order valence-electron chi connectivity index (χ2n) is 9.51. The Hall–Kier alpha value is -3.31. The Morgan fingerprint density at radius 3 is 2.32 bits per heavy atom. The molecule has 0 saturated carbocycles. The molecule has 5 rings (SSSR count). The molecule has 0 unspecified atom stereocenters. The van der Waals surface area contributed by atoms with E-state index in [-0.39, 0.29) is 12.0 Å². The van der Waals surface area contributed by atoms with E-state index in [0.717, 1.165) is 29.9 Å². The molecule has 5 nitrogen and oxygen atoms in total. The average molecular weight is 457 g/mol. The normalized spacial score (nSPS) is 21.8. The fourth-order valence-corrected chi connectivity index (χ4v) is 5.25. The predicted molar refractivity (Wildman–Crippen MR) is 133 cm³/mol. The van der Waals surface area contributed by atoms with Crippen LogP contribution in [0.1, 0.15) is 41.6 Å². The highest BCUT2D eigenvalue weighted by molar-refractivity contribution is 5.94. The molecule has 1 amide bonds. The van der Waals surface area contributed by atoms with Crippen molar-refractivity contribution in [3.05, 3.63) is 90.0 Å². The molecule has 0 radical (unpaired) electrons. The van der Waals surface area contributed by atoms with Crippen LogP contribution in [-0.2, 0) is 6.54 Å². The molecule has 3 atom stereocenters. The number of carbonyl (C=O) groups excluding carboxylic acids is 1. The first kappa shape index (κ1) is 22.5. The lowest BCUT2D eigenvalue weighted by Gasteiger charge is -2.36. The molecule has 3 aromatic rings. The van der Waals surface area contributed by atoms with Gasteiger partial charge in [-0.1, -0.05) is 36.4 Å². The molecule has 0 spiro atoms. The van der Waals surface area contributed by atoms with Gasteiger partial charge in [0.1, 0.15) is 23.4 Å². The highest BCUT2D eigenvalue weighted by Gasteiger charge is 2.39. The first-order valence-corrected chi connectivity index (χ1v) is 12.1. The minimum Gasteiger partial charge on any atom is -0.490 e. The van der Waals surface area contributed by atoms with Crippen LogP contribution in [0.25, 0.3) is 0 Å². The summed E-state index contributed by atoms with van der Waals surface area (Å²) in [6, 6.07) is 26.4. The Morgan fingerprint density at radius 2 is 1.56 bits per heavy atom. The zero-order valence-corrected chi connectivity index (χ0v) is 19.9. The number of hydrogen-bond donors (Lipinski definition) is 0. The van der Waals surface area contributed by atoms with Crippen molar-refractivity contribution in [2.75, 3.05) is 14.1 Å². The van der Waals surface area contributed by atoms with E-state index in [1.165, 1.54) is 12.8 Å². The lowest BCUT2D eigenvalue weighted by Crippen LogP contribution is -2.43. The van der Waals surface area contributed by atoms with Gasteiger partial charge < -0.3 is 19.3 Å². The largest absolute Gasteiger partial charge is 0.490 e. The number of rotatable bonds is 7. The van der Waals surface area contributed by atoms with Crippen LogP contribution in [0, 0.1) is 0 Å². The van der Waals surface area contributed by atoms with E-state index in [0.29, 0.717) is 29.9 Å². The molecule has 2 aliphatic heterocycles. The Bertz CT molecular complexity index is 1120. The summed E-state index contributed by atoms with van der Waals surface area (Å²) in [6.45, 7) is 0.512. The molecule has 2 heterocycles. The van der Waals surface area contributed by atoms with E-state index in [4.69, 9.17) is 9.47 Å². The van der Waals surface area contributed by atoms with Gasteiger partial charge in [0.15, 0.2) is 0 Å². The number of ether oxygens (including phenoxy) is 2. The first-order valence-electron chi connectivity index (χ1n) is 12.1. The van der Waals surface area contributed by atoms with Crippen LogP contribution in [0.2, 0.25) is 0 Å². The summed E-state index contributed by atoms with van der Waals surface area (Å²) >= 11 is 0. The van der Waals surface area contributed by atoms with Crippen molar-refractivity contribution >= 4 is 5.91 Å². The molecule has 5 heteroatoms. The Labute approximate surface area is 201 Å². The Balaban J connectivity index is 1.21. The minimum atomic E-state index is -0.0447. The van der Waals surface area contributed by atoms with E-state index in [9.17, 15) is 4.79 Å². The van der Waals surface area contributed by atoms with Crippen molar-refractivity contribution in [1.29, 1.82) is 0 Å². The fraction of sp³-hybridized carbons (Fsp3) is 0.345. The van der Waals surface area contributed by atoms with Crippen molar-refractivity contribution in [2.24, 2.45) is 0 Å². The highest BCUT2D eigenvalue weighted by Crippen LogP contribution is 2.36. The van der Waals surface area contributed by atoms with Gasteiger partial charge in [-0.25, -0.2) is 0 Å². The SMILES string of the molecule is CN(Cc1cccc(O[C@H]2C[C@H]3CC[C@@H](C2)N3C)c1)C(=O)c1cccc(Oc2ccccc2)c1. The van der Waals surface area contributed by atoms with E-state index >= 15 is 0 Å². The fourth-order valence-electron chi connectivity index (χ4n) is 5.25. The molecular weight excluding hydrogens is 424 g/mol. The third-order valence-corrected chi connectivity index (χ3v) is 7.08. The van der Waals surface area contributed by atoms with E-state index in [1.54, 1.807) is 11.0 Å². The maximum absolute atomic E-state index is 13.1. The third-order valence-electron chi connectivity index (χ3n) is 7.08. The quantitative estimate of drug-likeness (QED) is 0.454. The molecule has 0 N–H and O–H groups in total. The van der Waals surface area contributed by atoms with Gasteiger partial charge in [-0.2, -0.15) is 0 Å². The lowest BCUT2D eigenvalue weighted by atomic mass is 10.0. The number of benzene rings is 3. The summed E-state index contributed by atoms with van der Waals surface area (Å²) < 4.78 is 12.3. The molecule has 2 saturated heterocycles. The number of piperidine rings is 1. The van der Waals surface area contributed by atoms with Crippen LogP contribution in [-0.4, -0.2) is 48.0 Å². The molecule has 176 valence electrons. The zero-order chi connectivity index (χ0) is 23.5. The van der Waals surface area contributed by atoms with Gasteiger partial charge in [-0.05, 0) is 80.8 Å². The second kappa shape index (κ2) is 9.90. The summed E-state index contributed by atoms with van der Waals surface area (Å²) in [5.41, 5.74) is 1.66. The number of hydrogen-bond acceptors (Lipinski definition) is 4. The van der Waals surface area contributed by atoms with Crippen LogP contribution >= 0.6 is 0 Å². The summed E-state index contributed by atoms with van der Waals surface area (Å²) in [5.74, 6) is 2.24. The van der Waals surface area contributed by atoms with Gasteiger partial charge in [0.25, 0.3) is 5.91 Å². The van der Waals surface area contributed by atoms with Gasteiger partial charge in [0.2, 0.25) is 0 Å². The van der Waals surface area contributed by atoms with Gasteiger partial charge in [-0.3, -0.25) is 4.79 Å². The molecule has 2 bridgehead atoms. The van der Waals surface area contributed by atoms with Crippen LogP contribution in [0.15, 0.2) is 78.9 Å². The standard InChI is InChI=1S/C29H32N2O3/c1-30(29(32)22-9-7-13-27(17-22)33-25-10-4-3-5-11-25)20-21-8-6-12-26(16-21)34-28-18-23-14-15-24(19-28)31(23)2/h3-13,16-17,23-24,28H,14-15,18-20H2,1-2H3/t23-,24+,28+. The van der Waals surface area contributed by atoms with Crippen molar-refractivity contribution < 1.29 is 14.3 Å². The number of amides is 1. The second-order valence-corrected chi connectivity index (χ2v) is 9.51. The number of nitrogens with zero attached hydrogens (tertiary/aromatic N) is 2. The van der Waals surface area contributed by atoms with Gasteiger partial charge in [0, 0.05) is 31.2 Å². The van der Waals surface area contributed by atoms with E-state index in [2.05, 4.69) is 18.0 Å². The van der Waals surface area contributed by atoms with Crippen molar-refractivity contribution in [3.8, 4) is 17.2 Å². The molecule has 34 heavy (non-hydrogen) atoms. The number of para-hydroxylation sites is 1. The smallest absolute Gasteiger partial charge is 0.254 e. The van der Waals surface area contributed by atoms with Crippen molar-refractivity contribution in [1.82, 2.24) is 9.80 Å². The zero-order valence-electron chi connectivity index (χ0n) is 19.9. The molecule has 2 fully saturated rings. The van der Waals surface area contributed by atoms with E-state index < -0.39 is 0 Å². The number of fused-ring (bicyclic) bond motifs is 2. The maximum atomic E-state index is 13.1. The minimum absolute atomic E-state index is 0.0447. The Morgan fingerprint density at radius 1 is 0.882 bits per heavy atom. The maximum Gasteiger partial charge on any atom is 0.254 e. The Kier molecular flexibility index (Phi) is 6.54. The first-order chi connectivity index (χ1) is 16.5. The molecule has 2 aliphatic rings. The molecule has 0 aromatic heterocycles. The lowest BCUT2D eigenvalue weighted by molar-refractivity contribution is 0.0659. The topological polar surface area (TPSA) is 42.0 Å². The highest BCUT2D eigenvalue weighted by atomic mass is 16.5. The molecular formula is C29H32N2O3. The average Bonchev–Trinajstić information content (AvgIpc) is 3.04. The van der Waals surface area contributed by atoms with E-state index in [1.807, 2.05) is 73.8 Å². The van der Waals surface area contributed by atoms with Crippen LogP contribution in [0.4, 0.5) is 0 Å². The van der Waals surface area contributed by atoms with Crippen LogP contribution in [0.5, 0.6) is 17.2 Å². The summed E-state index contributed by atoms with van der Waals surface area (Å²) in [7, 11) is 4.07. The van der Waals surface area contributed by atoms with Crippen molar-refractivity contribution in [3.63, 3.8) is 0 Å². The van der Waals surface area contributed by atoms with Crippen LogP contribution in [0.3, 0.4) is 0 Å². The summed E-state index contributed by atoms with van der Waals surface area (Å²) in [4.78, 5) is 17.4. The monoisotopic (exact) mass is 456 g/mol. The van der Waals surface area contributed by atoms with Gasteiger partial charge >= 0.3 is 0 Å². The number of carbonyl (C=O) groups is 1. The van der Waals surface area contributed by atoms with Crippen LogP contribution < -0.4 is 9.47 Å².